The quantitative estimate of drug-likeness (QED) is 0.735. The molecular formula is C12H14O4. The van der Waals surface area contributed by atoms with Crippen LogP contribution in [0.15, 0.2) is 12.1 Å². The number of phenols is 1. The number of aryl methyl sites for hydroxylation is 1. The second-order valence-electron chi connectivity index (χ2n) is 3.92. The van der Waals surface area contributed by atoms with Gasteiger partial charge < -0.3 is 14.9 Å². The molecule has 0 radical (unpaired) electrons. The summed E-state index contributed by atoms with van der Waals surface area (Å²) in [5.74, 6) is -0.721. The van der Waals surface area contributed by atoms with Gasteiger partial charge in [0, 0.05) is 5.56 Å². The van der Waals surface area contributed by atoms with Crippen molar-refractivity contribution >= 4 is 5.97 Å². The maximum atomic E-state index is 11.2. The van der Waals surface area contributed by atoms with Gasteiger partial charge >= 0.3 is 5.97 Å². The largest absolute Gasteiger partial charge is 0.507 e. The van der Waals surface area contributed by atoms with Gasteiger partial charge in [-0.25, -0.2) is 4.79 Å². The highest BCUT2D eigenvalue weighted by atomic mass is 16.5. The Balaban J connectivity index is 2.39. The van der Waals surface area contributed by atoms with Crippen molar-refractivity contribution in [2.45, 2.75) is 25.4 Å². The van der Waals surface area contributed by atoms with E-state index in [1.807, 2.05) is 6.07 Å². The zero-order chi connectivity index (χ0) is 11.7. The summed E-state index contributed by atoms with van der Waals surface area (Å²) in [5.41, 5.74) is 2.17. The first kappa shape index (κ1) is 11.0. The highest BCUT2D eigenvalue weighted by molar-refractivity contribution is 5.77. The summed E-state index contributed by atoms with van der Waals surface area (Å²) < 4.78 is 4.44. The smallest absolute Gasteiger partial charge is 0.339 e. The topological polar surface area (TPSA) is 66.8 Å². The molecule has 0 heterocycles. The molecule has 86 valence electrons. The number of aliphatic hydroxyl groups excluding tert-OH is 1. The molecule has 4 nitrogen and oxygen atoms in total. The van der Waals surface area contributed by atoms with Gasteiger partial charge in [0.15, 0.2) is 6.10 Å². The predicted molar refractivity (Wildman–Crippen MR) is 57.1 cm³/mol. The average Bonchev–Trinajstić information content (AvgIpc) is 2.76. The summed E-state index contributed by atoms with van der Waals surface area (Å²) in [6, 6.07) is 3.44. The predicted octanol–water partition coefficient (Wildman–Crippen LogP) is 1.09. The highest BCUT2D eigenvalue weighted by Gasteiger charge is 2.25. The van der Waals surface area contributed by atoms with Crippen LogP contribution in [0.25, 0.3) is 0 Å². The Morgan fingerprint density at radius 2 is 2.19 bits per heavy atom. The van der Waals surface area contributed by atoms with E-state index in [0.29, 0.717) is 0 Å². The molecule has 2 rings (SSSR count). The molecule has 0 saturated heterocycles. The minimum atomic E-state index is -1.41. The van der Waals surface area contributed by atoms with E-state index in [2.05, 4.69) is 4.74 Å². The van der Waals surface area contributed by atoms with Crippen LogP contribution in [-0.2, 0) is 22.4 Å². The van der Waals surface area contributed by atoms with E-state index in [4.69, 9.17) is 0 Å². The van der Waals surface area contributed by atoms with Crippen molar-refractivity contribution in [2.24, 2.45) is 0 Å². The first-order valence-electron chi connectivity index (χ1n) is 5.24. The molecule has 0 fully saturated rings. The number of benzene rings is 1. The lowest BCUT2D eigenvalue weighted by atomic mass is 10.0. The Morgan fingerprint density at radius 1 is 1.44 bits per heavy atom. The molecular weight excluding hydrogens is 208 g/mol. The fraction of sp³-hybridized carbons (Fsp3) is 0.417. The third-order valence-electron chi connectivity index (χ3n) is 3.00. The number of aromatic hydroxyl groups is 1. The van der Waals surface area contributed by atoms with Crippen LogP contribution in [0.3, 0.4) is 0 Å². The summed E-state index contributed by atoms with van der Waals surface area (Å²) in [4.78, 5) is 11.2. The molecule has 2 N–H and O–H groups in total. The lowest BCUT2D eigenvalue weighted by Crippen LogP contribution is -2.14. The molecule has 0 saturated carbocycles. The minimum absolute atomic E-state index is 0.0351. The monoisotopic (exact) mass is 222 g/mol. The number of carbonyl (C=O) groups excluding carboxylic acids is 1. The molecule has 0 spiro atoms. The minimum Gasteiger partial charge on any atom is -0.507 e. The molecule has 1 atom stereocenters. The van der Waals surface area contributed by atoms with Crippen molar-refractivity contribution in [3.05, 3.63) is 28.8 Å². The van der Waals surface area contributed by atoms with Gasteiger partial charge in [-0.05, 0) is 30.4 Å². The lowest BCUT2D eigenvalue weighted by Gasteiger charge is -2.13. The van der Waals surface area contributed by atoms with Crippen molar-refractivity contribution in [1.82, 2.24) is 0 Å². The molecule has 4 heteroatoms. The van der Waals surface area contributed by atoms with Crippen LogP contribution >= 0.6 is 0 Å². The number of aliphatic hydroxyl groups is 1. The van der Waals surface area contributed by atoms with E-state index in [9.17, 15) is 15.0 Å². The summed E-state index contributed by atoms with van der Waals surface area (Å²) in [6.45, 7) is 0. The standard InChI is InChI=1S/C12H14O4/c1-16-12(15)11(14)9-6-5-7-3-2-4-8(7)10(9)13/h5-6,11,13-14H,2-4H2,1H3. The fourth-order valence-electron chi connectivity index (χ4n) is 2.12. The Bertz CT molecular complexity index is 425. The van der Waals surface area contributed by atoms with Gasteiger partial charge in [-0.2, -0.15) is 0 Å². The second-order valence-corrected chi connectivity index (χ2v) is 3.92. The molecule has 1 aliphatic carbocycles. The maximum absolute atomic E-state index is 11.2. The van der Waals surface area contributed by atoms with Crippen molar-refractivity contribution in [3.63, 3.8) is 0 Å². The maximum Gasteiger partial charge on any atom is 0.339 e. The van der Waals surface area contributed by atoms with Gasteiger partial charge in [0.05, 0.1) is 7.11 Å². The van der Waals surface area contributed by atoms with Crippen LogP contribution in [0.2, 0.25) is 0 Å². The molecule has 1 aromatic rings. The van der Waals surface area contributed by atoms with Gasteiger partial charge in [-0.15, -0.1) is 0 Å². The average molecular weight is 222 g/mol. The summed E-state index contributed by atoms with van der Waals surface area (Å²) >= 11 is 0. The Morgan fingerprint density at radius 3 is 2.88 bits per heavy atom. The molecule has 0 bridgehead atoms. The van der Waals surface area contributed by atoms with E-state index in [1.54, 1.807) is 6.07 Å². The second kappa shape index (κ2) is 4.14. The van der Waals surface area contributed by atoms with Gasteiger partial charge in [0.25, 0.3) is 0 Å². The van der Waals surface area contributed by atoms with E-state index in [-0.39, 0.29) is 11.3 Å². The number of carbonyl (C=O) groups is 1. The van der Waals surface area contributed by atoms with E-state index in [1.165, 1.54) is 7.11 Å². The van der Waals surface area contributed by atoms with Gasteiger partial charge in [0.2, 0.25) is 0 Å². The van der Waals surface area contributed by atoms with E-state index < -0.39 is 12.1 Å². The first-order valence-corrected chi connectivity index (χ1v) is 5.24. The third-order valence-corrected chi connectivity index (χ3v) is 3.00. The molecule has 0 aliphatic heterocycles. The SMILES string of the molecule is COC(=O)C(O)c1ccc2c(c1O)CCC2. The fourth-order valence-corrected chi connectivity index (χ4v) is 2.12. The Labute approximate surface area is 93.5 Å². The van der Waals surface area contributed by atoms with Gasteiger partial charge in [0.1, 0.15) is 5.75 Å². The van der Waals surface area contributed by atoms with Crippen molar-refractivity contribution in [1.29, 1.82) is 0 Å². The van der Waals surface area contributed by atoms with Crippen LogP contribution in [0, 0.1) is 0 Å². The van der Waals surface area contributed by atoms with E-state index >= 15 is 0 Å². The molecule has 1 unspecified atom stereocenters. The number of phenolic OH excluding ortho intramolecular Hbond substituents is 1. The lowest BCUT2D eigenvalue weighted by molar-refractivity contribution is -0.150. The van der Waals surface area contributed by atoms with Crippen LogP contribution < -0.4 is 0 Å². The summed E-state index contributed by atoms with van der Waals surface area (Å²) in [6.07, 6.45) is 1.33. The van der Waals surface area contributed by atoms with Crippen LogP contribution in [0.1, 0.15) is 29.2 Å². The molecule has 1 aliphatic rings. The molecule has 16 heavy (non-hydrogen) atoms. The number of hydrogen-bond acceptors (Lipinski definition) is 4. The zero-order valence-corrected chi connectivity index (χ0v) is 9.06. The third kappa shape index (κ3) is 1.65. The number of rotatable bonds is 2. The first-order chi connectivity index (χ1) is 7.65. The summed E-state index contributed by atoms with van der Waals surface area (Å²) in [5, 5.41) is 19.6. The normalized spacial score (nSPS) is 15.6. The highest BCUT2D eigenvalue weighted by Crippen LogP contribution is 2.35. The van der Waals surface area contributed by atoms with Crippen LogP contribution in [-0.4, -0.2) is 23.3 Å². The Hall–Kier alpha value is -1.55. The molecule has 1 aromatic carbocycles. The molecule has 0 aromatic heterocycles. The summed E-state index contributed by atoms with van der Waals surface area (Å²) in [7, 11) is 1.20. The van der Waals surface area contributed by atoms with Gasteiger partial charge in [-0.1, -0.05) is 12.1 Å². The number of ether oxygens (including phenoxy) is 1. The van der Waals surface area contributed by atoms with E-state index in [0.717, 1.165) is 30.4 Å². The molecule has 0 amide bonds. The van der Waals surface area contributed by atoms with Crippen LogP contribution in [0.5, 0.6) is 5.75 Å². The van der Waals surface area contributed by atoms with Gasteiger partial charge in [-0.3, -0.25) is 0 Å². The Kier molecular flexibility index (Phi) is 2.83. The number of esters is 1. The van der Waals surface area contributed by atoms with Crippen molar-refractivity contribution in [3.8, 4) is 5.75 Å². The number of methoxy groups -OCH3 is 1. The van der Waals surface area contributed by atoms with Crippen molar-refractivity contribution in [2.75, 3.05) is 7.11 Å². The zero-order valence-electron chi connectivity index (χ0n) is 9.06. The number of hydrogen-bond donors (Lipinski definition) is 2. The van der Waals surface area contributed by atoms with Crippen molar-refractivity contribution < 1.29 is 19.7 Å². The van der Waals surface area contributed by atoms with Crippen LogP contribution in [0.4, 0.5) is 0 Å². The number of fused-ring (bicyclic) bond motifs is 1.